The normalized spacial score (nSPS) is 16.0. The van der Waals surface area contributed by atoms with E-state index in [1.807, 2.05) is 39.0 Å². The van der Waals surface area contributed by atoms with E-state index < -0.39 is 0 Å². The van der Waals surface area contributed by atoms with Gasteiger partial charge in [0.1, 0.15) is 0 Å². The second-order valence-corrected chi connectivity index (χ2v) is 4.65. The van der Waals surface area contributed by atoms with Crippen LogP contribution in [0.15, 0.2) is 34.9 Å². The molecule has 142 valence electrons. The van der Waals surface area contributed by atoms with Gasteiger partial charge in [-0.1, -0.05) is 59.3 Å². The molecule has 0 aliphatic heterocycles. The minimum atomic E-state index is 0. The van der Waals surface area contributed by atoms with E-state index in [2.05, 4.69) is 45.9 Å². The van der Waals surface area contributed by atoms with E-state index in [4.69, 9.17) is 0 Å². The zero-order valence-corrected chi connectivity index (χ0v) is 21.0. The predicted octanol–water partition coefficient (Wildman–Crippen LogP) is 6.41. The zero-order valence-electron chi connectivity index (χ0n) is 16.4. The van der Waals surface area contributed by atoms with Crippen LogP contribution >= 0.6 is 24.8 Å². The summed E-state index contributed by atoms with van der Waals surface area (Å²) in [4.78, 5) is 0. The third-order valence-electron chi connectivity index (χ3n) is 3.60. The van der Waals surface area contributed by atoms with Gasteiger partial charge < -0.3 is 14.9 Å². The summed E-state index contributed by atoms with van der Waals surface area (Å²) < 4.78 is 0. The van der Waals surface area contributed by atoms with Crippen molar-refractivity contribution in [2.75, 3.05) is 0 Å². The Bertz CT molecular complexity index is 388. The molecule has 2 aliphatic carbocycles. The van der Waals surface area contributed by atoms with Gasteiger partial charge in [-0.25, -0.2) is 17.7 Å². The number of halogens is 2. The van der Waals surface area contributed by atoms with Gasteiger partial charge in [0.2, 0.25) is 0 Å². The van der Waals surface area contributed by atoms with Crippen LogP contribution in [0.2, 0.25) is 0 Å². The first-order valence-electron chi connectivity index (χ1n) is 7.70. The minimum absolute atomic E-state index is 0. The molecule has 0 N–H and O–H groups in total. The van der Waals surface area contributed by atoms with Crippen molar-refractivity contribution in [2.24, 2.45) is 5.92 Å². The van der Waals surface area contributed by atoms with Crippen molar-refractivity contribution < 1.29 is 19.2 Å². The molecule has 2 aliphatic rings. The number of hydrogen-bond acceptors (Lipinski definition) is 0. The second-order valence-electron chi connectivity index (χ2n) is 4.65. The third kappa shape index (κ3) is 11.9. The van der Waals surface area contributed by atoms with E-state index in [-0.39, 0.29) is 39.7 Å². The first-order valence-corrected chi connectivity index (χ1v) is 11.7. The summed E-state index contributed by atoms with van der Waals surface area (Å²) in [5.41, 5.74) is 4.75. The van der Waals surface area contributed by atoms with Crippen molar-refractivity contribution in [3.8, 4) is 0 Å². The van der Waals surface area contributed by atoms with Crippen LogP contribution < -0.4 is 0 Å². The van der Waals surface area contributed by atoms with Crippen LogP contribution in [0, 0.1) is 32.9 Å². The van der Waals surface area contributed by atoms with E-state index >= 15 is 0 Å². The molecule has 2 rings (SSSR count). The summed E-state index contributed by atoms with van der Waals surface area (Å²) in [7, 11) is 1.86. The van der Waals surface area contributed by atoms with Gasteiger partial charge in [-0.2, -0.15) is 17.2 Å². The van der Waals surface area contributed by atoms with Gasteiger partial charge in [0, 0.05) is 0 Å². The Morgan fingerprint density at radius 2 is 1.62 bits per heavy atom. The average molecular weight is 423 g/mol. The van der Waals surface area contributed by atoms with E-state index in [1.165, 1.54) is 24.8 Å². The Morgan fingerprint density at radius 3 is 1.88 bits per heavy atom. The molecule has 24 heavy (non-hydrogen) atoms. The van der Waals surface area contributed by atoms with Gasteiger partial charge in [-0.3, -0.25) is 12.2 Å². The van der Waals surface area contributed by atoms with E-state index in [0.29, 0.717) is 5.92 Å². The molecule has 0 bridgehead atoms. The summed E-state index contributed by atoms with van der Waals surface area (Å²) >= 11 is 2.03. The monoisotopic (exact) mass is 422 g/mol. The molecule has 0 radical (unpaired) electrons. The molecule has 0 aromatic rings. The molecule has 0 aromatic carbocycles. The molecule has 0 spiro atoms. The molecule has 0 heterocycles. The van der Waals surface area contributed by atoms with Gasteiger partial charge in [0.15, 0.2) is 0 Å². The van der Waals surface area contributed by atoms with Gasteiger partial charge >= 0.3 is 26.8 Å². The molecule has 1 unspecified atom stereocenters. The Kier molecular flexibility index (Phi) is 34.8. The van der Waals surface area contributed by atoms with E-state index in [9.17, 15) is 0 Å². The molecule has 0 amide bonds. The van der Waals surface area contributed by atoms with Gasteiger partial charge in [0.05, 0.1) is 0 Å². The quantitative estimate of drug-likeness (QED) is 0.362. The van der Waals surface area contributed by atoms with Crippen LogP contribution in [0.4, 0.5) is 0 Å². The van der Waals surface area contributed by atoms with Crippen molar-refractivity contribution >= 4 is 32.4 Å². The fourth-order valence-electron chi connectivity index (χ4n) is 2.69. The topological polar surface area (TPSA) is 0 Å². The first kappa shape index (κ1) is 35.6. The standard InChI is InChI=1S/C13H21.C5H5.2CH3.2ClH.H2Si.Ti/c1-5-10-9-11(6-2)13(8-4)12(10)7-3;1-2-4-5-3-1;;;;;;/h10H,5-8H2,1-4H3;1-3H,4H2;2*1H3;2*1H;1H2;/q4*-1;;;;. The first-order chi connectivity index (χ1) is 9.78. The molecule has 0 nitrogen and oxygen atoms in total. The second kappa shape index (κ2) is 23.5. The van der Waals surface area contributed by atoms with Crippen LogP contribution in [0.1, 0.15) is 59.8 Å². The molecule has 1 atom stereocenters. The molecular weight excluding hydrogens is 387 g/mol. The number of allylic oxidation sites excluding steroid dienone is 8. The van der Waals surface area contributed by atoms with Crippen LogP contribution in [0.5, 0.6) is 0 Å². The molecule has 0 fully saturated rings. The van der Waals surface area contributed by atoms with Crippen LogP contribution in [0.25, 0.3) is 0 Å². The Balaban J connectivity index is -0.0000000944. The Morgan fingerprint density at radius 1 is 1.04 bits per heavy atom. The molecule has 0 saturated heterocycles. The average Bonchev–Trinajstić information content (AvgIpc) is 3.18. The number of hydrogen-bond donors (Lipinski definition) is 0. The van der Waals surface area contributed by atoms with Gasteiger partial charge in [-0.05, 0) is 0 Å². The fourth-order valence-corrected chi connectivity index (χ4v) is 2.69. The van der Waals surface area contributed by atoms with Crippen molar-refractivity contribution in [3.05, 3.63) is 62.0 Å². The summed E-state index contributed by atoms with van der Waals surface area (Å²) in [5.74, 6) is 0.634. The summed E-state index contributed by atoms with van der Waals surface area (Å²) in [6.07, 6.45) is 18.4. The van der Waals surface area contributed by atoms with Crippen LogP contribution in [-0.2, 0) is 19.2 Å². The summed E-state index contributed by atoms with van der Waals surface area (Å²) in [6.45, 7) is 9.04. The Labute approximate surface area is 178 Å². The van der Waals surface area contributed by atoms with Crippen molar-refractivity contribution in [1.29, 1.82) is 0 Å². The molecule has 0 aromatic heterocycles. The Hall–Kier alpha value is 0.471. The van der Waals surface area contributed by atoms with Gasteiger partial charge in [-0.15, -0.1) is 31.2 Å². The fraction of sp³-hybridized carbons (Fsp3) is 0.500. The maximum absolute atomic E-state index is 3.63. The maximum atomic E-state index is 3.63. The molecule has 4 heteroatoms. The summed E-state index contributed by atoms with van der Waals surface area (Å²) in [5, 5.41) is 0. The van der Waals surface area contributed by atoms with Gasteiger partial charge in [0.25, 0.3) is 0 Å². The van der Waals surface area contributed by atoms with E-state index in [0.717, 1.165) is 12.8 Å². The van der Waals surface area contributed by atoms with Crippen molar-refractivity contribution in [2.45, 2.75) is 59.8 Å². The SMILES string of the molecule is CCC1=[C-]C(CC)C(CC)=C1CC.Cl.Cl.[C-]1=CC=CC1.[CH3-].[CH3-].[SiH2]=[Ti]. The van der Waals surface area contributed by atoms with E-state index in [1.54, 1.807) is 11.1 Å². The molecule has 0 saturated carbocycles. The van der Waals surface area contributed by atoms with Crippen molar-refractivity contribution in [3.63, 3.8) is 0 Å². The summed E-state index contributed by atoms with van der Waals surface area (Å²) in [6, 6.07) is 0. The third-order valence-corrected chi connectivity index (χ3v) is 3.60. The molecular formula is C20H36Cl2SiTi-4. The van der Waals surface area contributed by atoms with Crippen LogP contribution in [0.3, 0.4) is 0 Å². The predicted molar refractivity (Wildman–Crippen MR) is 116 cm³/mol. The van der Waals surface area contributed by atoms with Crippen LogP contribution in [-0.4, -0.2) is 7.63 Å². The van der Waals surface area contributed by atoms with Crippen molar-refractivity contribution in [1.82, 2.24) is 0 Å². The zero-order chi connectivity index (χ0) is 15.4. The number of rotatable bonds is 4.